The topological polar surface area (TPSA) is 52.6 Å². The molecule has 0 unspecified atom stereocenters. The molecule has 3 aromatic carbocycles. The summed E-state index contributed by atoms with van der Waals surface area (Å²) in [7, 11) is 0. The molecule has 0 fully saturated rings. The molecule has 30 heavy (non-hydrogen) atoms. The second-order valence-electron chi connectivity index (χ2n) is 6.49. The van der Waals surface area contributed by atoms with Gasteiger partial charge in [0.25, 0.3) is 5.24 Å². The number of carbonyl (C=O) groups is 2. The van der Waals surface area contributed by atoms with Gasteiger partial charge in [-0.3, -0.25) is 4.79 Å². The Balaban J connectivity index is 1.74. The average Bonchev–Trinajstić information content (AvgIpc) is 2.73. The molecule has 0 aliphatic heterocycles. The van der Waals surface area contributed by atoms with Crippen LogP contribution in [0.4, 0.5) is 4.39 Å². The highest BCUT2D eigenvalue weighted by Crippen LogP contribution is 2.27. The maximum Gasteiger partial charge on any atom is 0.341 e. The monoisotopic (exact) mass is 446 g/mol. The van der Waals surface area contributed by atoms with Gasteiger partial charge in [-0.15, -0.1) is 0 Å². The van der Waals surface area contributed by atoms with Crippen LogP contribution in [-0.2, 0) is 18.0 Å². The van der Waals surface area contributed by atoms with E-state index < -0.39 is 17.0 Å². The summed E-state index contributed by atoms with van der Waals surface area (Å²) in [5, 5.41) is -0.365. The molecule has 4 nitrogen and oxygen atoms in total. The second-order valence-corrected chi connectivity index (χ2v) is 7.24. The molecule has 0 radical (unpaired) electrons. The first-order valence-electron chi connectivity index (χ1n) is 8.98. The minimum absolute atomic E-state index is 0.0398. The lowest BCUT2D eigenvalue weighted by molar-refractivity contribution is 0.0467. The van der Waals surface area contributed by atoms with Crippen molar-refractivity contribution in [3.8, 4) is 5.75 Å². The lowest BCUT2D eigenvalue weighted by Crippen LogP contribution is -2.09. The number of esters is 1. The van der Waals surface area contributed by atoms with E-state index in [9.17, 15) is 14.0 Å². The van der Waals surface area contributed by atoms with Crippen LogP contribution in [0.5, 0.6) is 5.75 Å². The van der Waals surface area contributed by atoms with Crippen LogP contribution >= 0.6 is 23.2 Å². The molecule has 0 aliphatic rings. The minimum Gasteiger partial charge on any atom is -0.488 e. The van der Waals surface area contributed by atoms with Crippen molar-refractivity contribution in [1.82, 2.24) is 0 Å². The predicted octanol–water partition coefficient (Wildman–Crippen LogP) is 6.10. The number of rotatable bonds is 7. The summed E-state index contributed by atoms with van der Waals surface area (Å²) in [6.45, 7) is 1.62. The highest BCUT2D eigenvalue weighted by atomic mass is 35.5. The highest BCUT2D eigenvalue weighted by molar-refractivity contribution is 6.68. The Labute approximate surface area is 183 Å². The van der Waals surface area contributed by atoms with E-state index in [2.05, 4.69) is 0 Å². The lowest BCUT2D eigenvalue weighted by Gasteiger charge is -2.14. The fraction of sp³-hybridized carbons (Fsp3) is 0.130. The van der Waals surface area contributed by atoms with Crippen LogP contribution in [0.15, 0.2) is 60.7 Å². The molecule has 0 saturated carbocycles. The standard InChI is InChI=1S/C23H17Cl2FO4/c1-14-10-17(23(28)30-12-15-6-3-2-4-7-15)20(26)11-21(14)29-13-18-16(22(25)27)8-5-9-19(18)24/h2-11H,12-13H2,1H3. The molecule has 0 aliphatic carbocycles. The summed E-state index contributed by atoms with van der Waals surface area (Å²) in [5.41, 5.74) is 1.74. The van der Waals surface area contributed by atoms with Crippen molar-refractivity contribution in [3.63, 3.8) is 0 Å². The number of aryl methyl sites for hydroxylation is 1. The van der Waals surface area contributed by atoms with E-state index in [-0.39, 0.29) is 30.1 Å². The third-order valence-corrected chi connectivity index (χ3v) is 4.96. The number of benzene rings is 3. The number of halogens is 3. The van der Waals surface area contributed by atoms with Crippen LogP contribution in [0.3, 0.4) is 0 Å². The van der Waals surface area contributed by atoms with Crippen molar-refractivity contribution in [1.29, 1.82) is 0 Å². The Morgan fingerprint density at radius 2 is 1.70 bits per heavy atom. The van der Waals surface area contributed by atoms with E-state index in [1.54, 1.807) is 31.2 Å². The minimum atomic E-state index is -0.776. The van der Waals surface area contributed by atoms with Crippen LogP contribution in [0.25, 0.3) is 0 Å². The number of hydrogen-bond acceptors (Lipinski definition) is 4. The summed E-state index contributed by atoms with van der Waals surface area (Å²) in [6.07, 6.45) is 0. The third kappa shape index (κ3) is 5.17. The second kappa shape index (κ2) is 9.74. The van der Waals surface area contributed by atoms with Crippen molar-refractivity contribution in [2.45, 2.75) is 20.1 Å². The maximum absolute atomic E-state index is 14.5. The van der Waals surface area contributed by atoms with Crippen LogP contribution in [0, 0.1) is 12.7 Å². The molecular formula is C23H17Cl2FO4. The van der Waals surface area contributed by atoms with Gasteiger partial charge < -0.3 is 9.47 Å². The first-order chi connectivity index (χ1) is 14.4. The zero-order valence-corrected chi connectivity index (χ0v) is 17.5. The van der Waals surface area contributed by atoms with Crippen LogP contribution in [-0.4, -0.2) is 11.2 Å². The van der Waals surface area contributed by atoms with Gasteiger partial charge >= 0.3 is 5.97 Å². The van der Waals surface area contributed by atoms with Crippen molar-refractivity contribution in [3.05, 3.63) is 99.3 Å². The maximum atomic E-state index is 14.5. The first kappa shape index (κ1) is 21.8. The molecular weight excluding hydrogens is 430 g/mol. The van der Waals surface area contributed by atoms with Crippen LogP contribution in [0.1, 0.15) is 37.4 Å². The molecule has 7 heteroatoms. The summed E-state index contributed by atoms with van der Waals surface area (Å²) in [5.74, 6) is -1.34. The number of ether oxygens (including phenoxy) is 2. The van der Waals surface area contributed by atoms with Gasteiger partial charge in [0.05, 0.1) is 5.56 Å². The van der Waals surface area contributed by atoms with E-state index in [4.69, 9.17) is 32.7 Å². The predicted molar refractivity (Wildman–Crippen MR) is 113 cm³/mol. The smallest absolute Gasteiger partial charge is 0.341 e. The molecule has 3 aromatic rings. The third-order valence-electron chi connectivity index (χ3n) is 4.40. The fourth-order valence-electron chi connectivity index (χ4n) is 2.82. The van der Waals surface area contributed by atoms with E-state index >= 15 is 0 Å². The van der Waals surface area contributed by atoms with Gasteiger partial charge in [0.15, 0.2) is 0 Å². The van der Waals surface area contributed by atoms with Gasteiger partial charge in [0.2, 0.25) is 0 Å². The van der Waals surface area contributed by atoms with Crippen molar-refractivity contribution < 1.29 is 23.5 Å². The van der Waals surface area contributed by atoms with Gasteiger partial charge in [-0.2, -0.15) is 0 Å². The average molecular weight is 447 g/mol. The summed E-state index contributed by atoms with van der Waals surface area (Å²) >= 11 is 11.7. The normalized spacial score (nSPS) is 10.5. The molecule has 154 valence electrons. The summed E-state index contributed by atoms with van der Waals surface area (Å²) in [6, 6.07) is 16.3. The van der Waals surface area contributed by atoms with Crippen molar-refractivity contribution in [2.75, 3.05) is 0 Å². The van der Waals surface area contributed by atoms with Crippen molar-refractivity contribution >= 4 is 34.4 Å². The van der Waals surface area contributed by atoms with E-state index in [0.717, 1.165) is 11.6 Å². The van der Waals surface area contributed by atoms with E-state index in [1.165, 1.54) is 12.1 Å². The zero-order chi connectivity index (χ0) is 21.7. The Morgan fingerprint density at radius 1 is 0.967 bits per heavy atom. The lowest BCUT2D eigenvalue weighted by atomic mass is 10.1. The highest BCUT2D eigenvalue weighted by Gasteiger charge is 2.18. The molecule has 0 bridgehead atoms. The first-order valence-corrected chi connectivity index (χ1v) is 9.73. The van der Waals surface area contributed by atoms with Gasteiger partial charge in [-0.25, -0.2) is 9.18 Å². The SMILES string of the molecule is Cc1cc(C(=O)OCc2ccccc2)c(F)cc1OCc1c(Cl)cccc1C(=O)Cl. The molecule has 0 atom stereocenters. The van der Waals surface area contributed by atoms with Gasteiger partial charge in [-0.1, -0.05) is 48.0 Å². The molecule has 0 heterocycles. The molecule has 0 N–H and O–H groups in total. The Kier molecular flexibility index (Phi) is 7.08. The zero-order valence-electron chi connectivity index (χ0n) is 16.0. The van der Waals surface area contributed by atoms with Crippen LogP contribution in [0.2, 0.25) is 5.02 Å². The van der Waals surface area contributed by atoms with Gasteiger partial charge in [0.1, 0.15) is 24.8 Å². The summed E-state index contributed by atoms with van der Waals surface area (Å²) < 4.78 is 25.4. The quantitative estimate of drug-likeness (QED) is 0.324. The molecule has 0 spiro atoms. The van der Waals surface area contributed by atoms with Crippen molar-refractivity contribution in [2.24, 2.45) is 0 Å². The van der Waals surface area contributed by atoms with Crippen LogP contribution < -0.4 is 4.74 Å². The van der Waals surface area contributed by atoms with E-state index in [0.29, 0.717) is 16.1 Å². The fourth-order valence-corrected chi connectivity index (χ4v) is 3.22. The Morgan fingerprint density at radius 3 is 2.40 bits per heavy atom. The Bertz CT molecular complexity index is 1080. The molecule has 0 saturated heterocycles. The van der Waals surface area contributed by atoms with Gasteiger partial charge in [-0.05, 0) is 47.9 Å². The number of carbonyl (C=O) groups excluding carboxylic acids is 2. The number of hydrogen-bond donors (Lipinski definition) is 0. The molecule has 0 aromatic heterocycles. The Hall–Kier alpha value is -2.89. The summed E-state index contributed by atoms with van der Waals surface area (Å²) in [4.78, 5) is 23.8. The van der Waals surface area contributed by atoms with Gasteiger partial charge in [0, 0.05) is 22.2 Å². The molecule has 0 amide bonds. The molecule has 3 rings (SSSR count). The van der Waals surface area contributed by atoms with E-state index in [1.807, 2.05) is 18.2 Å². The largest absolute Gasteiger partial charge is 0.488 e.